The van der Waals surface area contributed by atoms with Crippen molar-refractivity contribution >= 4 is 29.1 Å². The summed E-state index contributed by atoms with van der Waals surface area (Å²) < 4.78 is 0. The molecule has 0 aliphatic rings. The van der Waals surface area contributed by atoms with Gasteiger partial charge in [0.25, 0.3) is 0 Å². The van der Waals surface area contributed by atoms with E-state index in [1.165, 1.54) is 4.90 Å². The number of rotatable bonds is 7. The number of nitrogens with one attached hydrogen (secondary N) is 2. The molecule has 21 heavy (non-hydrogen) atoms. The van der Waals surface area contributed by atoms with Crippen LogP contribution in [0.15, 0.2) is 35.2 Å². The summed E-state index contributed by atoms with van der Waals surface area (Å²) in [5, 5.41) is 6.61. The molecule has 0 atom stereocenters. The number of hydrogen-bond acceptors (Lipinski definition) is 5. The lowest BCUT2D eigenvalue weighted by molar-refractivity contribution is 0.836. The number of hydrogen-bond donors (Lipinski definition) is 2. The number of aromatic nitrogens is 2. The minimum atomic E-state index is 0.835. The van der Waals surface area contributed by atoms with Crippen molar-refractivity contribution < 1.29 is 0 Å². The van der Waals surface area contributed by atoms with E-state index in [0.717, 1.165) is 42.5 Å². The van der Waals surface area contributed by atoms with E-state index >= 15 is 0 Å². The monoisotopic (exact) mass is 302 g/mol. The van der Waals surface area contributed by atoms with Crippen molar-refractivity contribution in [3.8, 4) is 0 Å². The number of anilines is 3. The number of nitrogens with zero attached hydrogens (tertiary/aromatic N) is 2. The summed E-state index contributed by atoms with van der Waals surface area (Å²) in [7, 11) is 0. The minimum absolute atomic E-state index is 0.835. The van der Waals surface area contributed by atoms with Gasteiger partial charge in [0.1, 0.15) is 17.5 Å². The summed E-state index contributed by atoms with van der Waals surface area (Å²) in [6, 6.07) is 10.3. The molecular weight excluding hydrogens is 280 g/mol. The highest BCUT2D eigenvalue weighted by Crippen LogP contribution is 2.21. The van der Waals surface area contributed by atoms with Crippen LogP contribution in [0.3, 0.4) is 0 Å². The highest BCUT2D eigenvalue weighted by Gasteiger charge is 2.04. The third kappa shape index (κ3) is 4.63. The first kappa shape index (κ1) is 15.6. The molecule has 0 amide bonds. The molecule has 0 spiro atoms. The van der Waals surface area contributed by atoms with Gasteiger partial charge in [-0.05, 0) is 43.9 Å². The molecule has 0 aliphatic carbocycles. The molecule has 112 valence electrons. The summed E-state index contributed by atoms with van der Waals surface area (Å²) in [4.78, 5) is 10.3. The summed E-state index contributed by atoms with van der Waals surface area (Å²) >= 11 is 1.74. The van der Waals surface area contributed by atoms with Crippen LogP contribution >= 0.6 is 11.8 Å². The van der Waals surface area contributed by atoms with Crippen LogP contribution < -0.4 is 10.6 Å². The molecule has 4 nitrogen and oxygen atoms in total. The molecule has 0 fully saturated rings. The lowest BCUT2D eigenvalue weighted by atomic mass is 10.3. The van der Waals surface area contributed by atoms with Crippen LogP contribution in [0.4, 0.5) is 17.3 Å². The lowest BCUT2D eigenvalue weighted by Gasteiger charge is -2.10. The molecule has 2 N–H and O–H groups in total. The summed E-state index contributed by atoms with van der Waals surface area (Å²) in [6.45, 7) is 5.05. The topological polar surface area (TPSA) is 49.8 Å². The first-order valence-corrected chi connectivity index (χ1v) is 8.50. The van der Waals surface area contributed by atoms with Gasteiger partial charge >= 0.3 is 0 Å². The quantitative estimate of drug-likeness (QED) is 0.746. The van der Waals surface area contributed by atoms with Gasteiger partial charge in [-0.3, -0.25) is 0 Å². The molecule has 2 rings (SSSR count). The predicted octanol–water partition coefficient (Wildman–Crippen LogP) is 4.33. The van der Waals surface area contributed by atoms with E-state index in [1.807, 2.05) is 6.07 Å². The largest absolute Gasteiger partial charge is 0.370 e. The second kappa shape index (κ2) is 7.88. The Morgan fingerprint density at radius 1 is 1.05 bits per heavy atom. The fraction of sp³-hybridized carbons (Fsp3) is 0.375. The van der Waals surface area contributed by atoms with Crippen LogP contribution in [-0.2, 0) is 6.42 Å². The Morgan fingerprint density at radius 2 is 1.76 bits per heavy atom. The molecular formula is C16H22N4S. The van der Waals surface area contributed by atoms with Gasteiger partial charge in [0.15, 0.2) is 0 Å². The zero-order valence-electron chi connectivity index (χ0n) is 12.8. The summed E-state index contributed by atoms with van der Waals surface area (Å²) in [5.74, 6) is 2.58. The average Bonchev–Trinajstić information content (AvgIpc) is 2.48. The predicted molar refractivity (Wildman–Crippen MR) is 91.7 cm³/mol. The van der Waals surface area contributed by atoms with Crippen LogP contribution in [0.5, 0.6) is 0 Å². The fourth-order valence-corrected chi connectivity index (χ4v) is 2.40. The van der Waals surface area contributed by atoms with Crippen molar-refractivity contribution in [3.63, 3.8) is 0 Å². The van der Waals surface area contributed by atoms with Crippen molar-refractivity contribution in [1.29, 1.82) is 0 Å². The highest BCUT2D eigenvalue weighted by atomic mass is 32.2. The second-order valence-corrected chi connectivity index (χ2v) is 5.57. The minimum Gasteiger partial charge on any atom is -0.370 e. The maximum Gasteiger partial charge on any atom is 0.136 e. The van der Waals surface area contributed by atoms with Gasteiger partial charge in [-0.1, -0.05) is 6.92 Å². The molecule has 0 bridgehead atoms. The number of aryl methyl sites for hydroxylation is 1. The standard InChI is InChI=1S/C16H22N4S/c1-4-6-14-19-15(17-5-2)11-16(20-14)18-12-7-9-13(21-3)10-8-12/h7-11H,4-6H2,1-3H3,(H2,17,18,19,20). The Morgan fingerprint density at radius 3 is 2.38 bits per heavy atom. The molecule has 1 aromatic heterocycles. The Balaban J connectivity index is 2.20. The molecule has 0 saturated carbocycles. The van der Waals surface area contributed by atoms with Crippen LogP contribution in [-0.4, -0.2) is 22.8 Å². The summed E-state index contributed by atoms with van der Waals surface area (Å²) in [6.07, 6.45) is 4.00. The van der Waals surface area contributed by atoms with Crippen molar-refractivity contribution in [2.45, 2.75) is 31.6 Å². The lowest BCUT2D eigenvalue weighted by Crippen LogP contribution is -2.06. The first-order chi connectivity index (χ1) is 10.2. The van der Waals surface area contributed by atoms with Gasteiger partial charge in [-0.25, -0.2) is 9.97 Å². The molecule has 0 unspecified atom stereocenters. The number of benzene rings is 1. The van der Waals surface area contributed by atoms with E-state index in [2.05, 4.69) is 65.0 Å². The van der Waals surface area contributed by atoms with Gasteiger partial charge in [-0.15, -0.1) is 11.8 Å². The number of thioether (sulfide) groups is 1. The Bertz CT molecular complexity index is 545. The summed E-state index contributed by atoms with van der Waals surface area (Å²) in [5.41, 5.74) is 1.04. The maximum absolute atomic E-state index is 4.58. The third-order valence-electron chi connectivity index (χ3n) is 2.97. The average molecular weight is 302 g/mol. The molecule has 0 radical (unpaired) electrons. The highest BCUT2D eigenvalue weighted by molar-refractivity contribution is 7.98. The zero-order chi connectivity index (χ0) is 15.1. The Kier molecular flexibility index (Phi) is 5.87. The van der Waals surface area contributed by atoms with Gasteiger partial charge in [0, 0.05) is 29.6 Å². The van der Waals surface area contributed by atoms with Gasteiger partial charge in [-0.2, -0.15) is 0 Å². The smallest absolute Gasteiger partial charge is 0.136 e. The van der Waals surface area contributed by atoms with Crippen molar-refractivity contribution in [2.75, 3.05) is 23.4 Å². The Hall–Kier alpha value is -1.75. The first-order valence-electron chi connectivity index (χ1n) is 7.28. The van der Waals surface area contributed by atoms with E-state index in [-0.39, 0.29) is 0 Å². The second-order valence-electron chi connectivity index (χ2n) is 4.69. The van der Waals surface area contributed by atoms with Crippen molar-refractivity contribution in [3.05, 3.63) is 36.2 Å². The zero-order valence-corrected chi connectivity index (χ0v) is 13.6. The van der Waals surface area contributed by atoms with Gasteiger partial charge in [0.2, 0.25) is 0 Å². The molecule has 1 aromatic carbocycles. The van der Waals surface area contributed by atoms with E-state index < -0.39 is 0 Å². The van der Waals surface area contributed by atoms with E-state index in [4.69, 9.17) is 0 Å². The van der Waals surface area contributed by atoms with E-state index in [1.54, 1.807) is 11.8 Å². The normalized spacial score (nSPS) is 10.4. The van der Waals surface area contributed by atoms with Crippen LogP contribution in [0, 0.1) is 0 Å². The van der Waals surface area contributed by atoms with Crippen LogP contribution in [0.25, 0.3) is 0 Å². The molecule has 0 aliphatic heterocycles. The Labute approximate surface area is 130 Å². The van der Waals surface area contributed by atoms with Crippen LogP contribution in [0.2, 0.25) is 0 Å². The van der Waals surface area contributed by atoms with Crippen molar-refractivity contribution in [1.82, 2.24) is 9.97 Å². The SMILES string of the molecule is CCCc1nc(NCC)cc(Nc2ccc(SC)cc2)n1. The van der Waals surface area contributed by atoms with Gasteiger partial charge in [0.05, 0.1) is 0 Å². The molecule has 5 heteroatoms. The maximum atomic E-state index is 4.58. The fourth-order valence-electron chi connectivity index (χ4n) is 1.99. The van der Waals surface area contributed by atoms with Gasteiger partial charge < -0.3 is 10.6 Å². The molecule has 1 heterocycles. The van der Waals surface area contributed by atoms with Crippen molar-refractivity contribution in [2.24, 2.45) is 0 Å². The third-order valence-corrected chi connectivity index (χ3v) is 3.71. The van der Waals surface area contributed by atoms with E-state index in [9.17, 15) is 0 Å². The molecule has 2 aromatic rings. The molecule has 0 saturated heterocycles. The van der Waals surface area contributed by atoms with E-state index in [0.29, 0.717) is 0 Å². The van der Waals surface area contributed by atoms with Crippen LogP contribution in [0.1, 0.15) is 26.1 Å².